The van der Waals surface area contributed by atoms with Crippen LogP contribution in [0.1, 0.15) is 219 Å². The number of likely N-dealkylation sites (N-methyl/N-ethyl adjacent to an activating group) is 1. The van der Waals surface area contributed by atoms with Crippen molar-refractivity contribution in [2.75, 3.05) is 47.5 Å². The summed E-state index contributed by atoms with van der Waals surface area (Å²) in [6.45, 7) is 4.08. The fraction of sp³-hybridized carbons (Fsp3) is 0.656. The molecule has 9 nitrogen and oxygen atoms in total. The van der Waals surface area contributed by atoms with E-state index in [-0.39, 0.29) is 26.1 Å². The first-order chi connectivity index (χ1) is 36.0. The Labute approximate surface area is 454 Å². The highest BCUT2D eigenvalue weighted by atomic mass is 31.2. The first-order valence-corrected chi connectivity index (χ1v) is 30.7. The molecule has 0 aliphatic carbocycles. The largest absolute Gasteiger partial charge is 0.756 e. The van der Waals surface area contributed by atoms with Crippen LogP contribution in [-0.2, 0) is 32.7 Å². The fourth-order valence-electron chi connectivity index (χ4n) is 7.47. The van der Waals surface area contributed by atoms with Crippen LogP contribution in [0.3, 0.4) is 0 Å². The van der Waals surface area contributed by atoms with Gasteiger partial charge in [0.05, 0.1) is 27.7 Å². The number of phosphoric acid groups is 1. The van der Waals surface area contributed by atoms with Gasteiger partial charge in [0.15, 0.2) is 6.10 Å². The maximum absolute atomic E-state index is 12.8. The molecule has 0 spiro atoms. The molecule has 0 amide bonds. The van der Waals surface area contributed by atoms with Gasteiger partial charge in [-0.2, -0.15) is 0 Å². The van der Waals surface area contributed by atoms with Crippen LogP contribution in [0.4, 0.5) is 0 Å². The lowest BCUT2D eigenvalue weighted by Gasteiger charge is -2.28. The van der Waals surface area contributed by atoms with E-state index < -0.39 is 32.5 Å². The summed E-state index contributed by atoms with van der Waals surface area (Å²) in [4.78, 5) is 37.8. The van der Waals surface area contributed by atoms with E-state index in [1.165, 1.54) is 57.8 Å². The Morgan fingerprint density at radius 3 is 1.16 bits per heavy atom. The van der Waals surface area contributed by atoms with E-state index in [4.69, 9.17) is 18.5 Å². The molecule has 74 heavy (non-hydrogen) atoms. The van der Waals surface area contributed by atoms with Crippen LogP contribution in [0.5, 0.6) is 0 Å². The van der Waals surface area contributed by atoms with Crippen molar-refractivity contribution < 1.29 is 42.1 Å². The molecular weight excluding hydrogens is 942 g/mol. The van der Waals surface area contributed by atoms with E-state index in [1.807, 2.05) is 21.1 Å². The molecule has 0 fully saturated rings. The van der Waals surface area contributed by atoms with E-state index >= 15 is 0 Å². The minimum Gasteiger partial charge on any atom is -0.756 e. The van der Waals surface area contributed by atoms with Crippen molar-refractivity contribution >= 4 is 19.8 Å². The van der Waals surface area contributed by atoms with Gasteiger partial charge in [-0.05, 0) is 109 Å². The molecule has 0 rings (SSSR count). The summed E-state index contributed by atoms with van der Waals surface area (Å²) >= 11 is 0. The molecule has 2 unspecified atom stereocenters. The predicted octanol–water partition coefficient (Wildman–Crippen LogP) is 17.7. The van der Waals surface area contributed by atoms with E-state index in [2.05, 4.69) is 135 Å². The number of ether oxygens (including phenoxy) is 2. The molecule has 0 radical (unpaired) electrons. The Bertz CT molecular complexity index is 1660. The number of allylic oxidation sites excluding steroid dienone is 20. The van der Waals surface area contributed by atoms with Crippen LogP contribution in [-0.4, -0.2) is 70.0 Å². The summed E-state index contributed by atoms with van der Waals surface area (Å²) < 4.78 is 34.1. The molecule has 0 aliphatic rings. The molecule has 0 saturated carbocycles. The Kier molecular flexibility index (Phi) is 51.6. The lowest BCUT2D eigenvalue weighted by atomic mass is 10.1. The Morgan fingerprint density at radius 1 is 0.432 bits per heavy atom. The summed E-state index contributed by atoms with van der Waals surface area (Å²) in [5.74, 6) is -0.863. The standard InChI is InChI=1S/C64H108NO8P/c1-6-8-10-12-14-16-18-20-22-23-24-25-26-27-28-29-30-31-32-33-34-35-36-37-38-39-40-41-43-45-47-49-51-53-55-57-64(67)73-62(61-72-74(68,69)71-59-58-65(3,4)5)60-70-63(66)56-54-52-50-48-46-44-42-21-19-17-15-13-11-9-7-2/h8,10,14,16,20-22,24-25,27-28,30-31,33-34,36-37,39-40,42,62H,6-7,9,11-13,15,17-19,23,26,29,32,35,38,41,43-61H2,1-5H3/b10-8-,16-14-,22-20-,25-24-,28-27-,31-30-,34-33-,37-36-,40-39-,42-21-. The molecule has 0 saturated heterocycles. The van der Waals surface area contributed by atoms with Gasteiger partial charge in [-0.25, -0.2) is 0 Å². The zero-order chi connectivity index (χ0) is 54.2. The molecule has 0 aromatic carbocycles. The molecule has 422 valence electrons. The van der Waals surface area contributed by atoms with E-state index in [0.717, 1.165) is 122 Å². The van der Waals surface area contributed by atoms with Crippen LogP contribution in [0.15, 0.2) is 122 Å². The number of carbonyl (C=O) groups excluding carboxylic acids is 2. The van der Waals surface area contributed by atoms with Gasteiger partial charge < -0.3 is 27.9 Å². The van der Waals surface area contributed by atoms with Gasteiger partial charge in [-0.15, -0.1) is 0 Å². The molecule has 0 N–H and O–H groups in total. The van der Waals surface area contributed by atoms with Crippen LogP contribution >= 0.6 is 7.82 Å². The van der Waals surface area contributed by atoms with Gasteiger partial charge in [-0.1, -0.05) is 219 Å². The third kappa shape index (κ3) is 57.7. The average molecular weight is 1050 g/mol. The monoisotopic (exact) mass is 1050 g/mol. The van der Waals surface area contributed by atoms with Crippen molar-refractivity contribution in [2.24, 2.45) is 0 Å². The number of quaternary nitrogens is 1. The Hall–Kier alpha value is -3.59. The molecule has 2 atom stereocenters. The number of rotatable bonds is 52. The molecule has 0 bridgehead atoms. The maximum atomic E-state index is 12.8. The Balaban J connectivity index is 4.19. The lowest BCUT2D eigenvalue weighted by molar-refractivity contribution is -0.870. The van der Waals surface area contributed by atoms with Gasteiger partial charge in [0.2, 0.25) is 0 Å². The topological polar surface area (TPSA) is 111 Å². The summed E-state index contributed by atoms with van der Waals surface area (Å²) in [6.07, 6.45) is 76.7. The maximum Gasteiger partial charge on any atom is 0.306 e. The zero-order valence-corrected chi connectivity index (χ0v) is 48.6. The molecule has 0 heterocycles. The quantitative estimate of drug-likeness (QED) is 0.0195. The SMILES string of the molecule is CC/C=C\C/C=C\C/C=C\C/C=C\C/C=C\C/C=C\C/C=C\C/C=C\C/C=C\CCCCCCCCCC(=O)OC(COC(=O)CCCCCCC/C=C\CCCCCCCC)COP(=O)([O-])OCC[N+](C)(C)C. The molecule has 10 heteroatoms. The van der Waals surface area contributed by atoms with Crippen molar-refractivity contribution in [3.05, 3.63) is 122 Å². The molecule has 0 aliphatic heterocycles. The van der Waals surface area contributed by atoms with E-state index in [9.17, 15) is 19.0 Å². The first kappa shape index (κ1) is 70.4. The highest BCUT2D eigenvalue weighted by molar-refractivity contribution is 7.45. The van der Waals surface area contributed by atoms with Crippen molar-refractivity contribution in [2.45, 2.75) is 225 Å². The van der Waals surface area contributed by atoms with Crippen molar-refractivity contribution in [3.63, 3.8) is 0 Å². The summed E-state index contributed by atoms with van der Waals surface area (Å²) in [5.41, 5.74) is 0. The number of hydrogen-bond donors (Lipinski definition) is 0. The molecule has 0 aromatic heterocycles. The number of esters is 2. The van der Waals surface area contributed by atoms with E-state index in [1.54, 1.807) is 0 Å². The van der Waals surface area contributed by atoms with Crippen LogP contribution < -0.4 is 4.89 Å². The minimum absolute atomic E-state index is 0.0403. The minimum atomic E-state index is -4.65. The van der Waals surface area contributed by atoms with Gasteiger partial charge >= 0.3 is 11.9 Å². The molecule has 0 aromatic rings. The summed E-state index contributed by atoms with van der Waals surface area (Å²) in [7, 11) is 1.14. The third-order valence-corrected chi connectivity index (χ3v) is 12.9. The second-order valence-corrected chi connectivity index (χ2v) is 21.7. The number of unbranched alkanes of at least 4 members (excludes halogenated alkanes) is 18. The van der Waals surface area contributed by atoms with Crippen molar-refractivity contribution in [3.8, 4) is 0 Å². The summed E-state index contributed by atoms with van der Waals surface area (Å²) in [6, 6.07) is 0. The van der Waals surface area contributed by atoms with Crippen LogP contribution in [0.2, 0.25) is 0 Å². The second kappa shape index (κ2) is 54.2. The van der Waals surface area contributed by atoms with Gasteiger partial charge in [0.25, 0.3) is 7.82 Å². The third-order valence-electron chi connectivity index (χ3n) is 12.0. The van der Waals surface area contributed by atoms with Crippen LogP contribution in [0.25, 0.3) is 0 Å². The fourth-order valence-corrected chi connectivity index (χ4v) is 8.19. The number of carbonyl (C=O) groups is 2. The van der Waals surface area contributed by atoms with Gasteiger partial charge in [0.1, 0.15) is 19.8 Å². The van der Waals surface area contributed by atoms with Gasteiger partial charge in [0, 0.05) is 12.8 Å². The Morgan fingerprint density at radius 2 is 0.770 bits per heavy atom. The lowest BCUT2D eigenvalue weighted by Crippen LogP contribution is -2.37. The highest BCUT2D eigenvalue weighted by Gasteiger charge is 2.21. The average Bonchev–Trinajstić information content (AvgIpc) is 3.36. The first-order valence-electron chi connectivity index (χ1n) is 29.2. The number of phosphoric ester groups is 1. The molecular formula is C64H108NO8P. The van der Waals surface area contributed by atoms with Crippen molar-refractivity contribution in [1.29, 1.82) is 0 Å². The normalized spacial score (nSPS) is 14.2. The number of nitrogens with zero attached hydrogens (tertiary/aromatic N) is 1. The summed E-state index contributed by atoms with van der Waals surface area (Å²) in [5, 5.41) is 0. The van der Waals surface area contributed by atoms with Crippen molar-refractivity contribution in [1.82, 2.24) is 0 Å². The smallest absolute Gasteiger partial charge is 0.306 e. The highest BCUT2D eigenvalue weighted by Crippen LogP contribution is 2.38. The zero-order valence-electron chi connectivity index (χ0n) is 47.7. The van der Waals surface area contributed by atoms with Gasteiger partial charge in [-0.3, -0.25) is 14.2 Å². The number of hydrogen-bond acceptors (Lipinski definition) is 8. The van der Waals surface area contributed by atoms with Crippen LogP contribution in [0, 0.1) is 0 Å². The van der Waals surface area contributed by atoms with E-state index in [0.29, 0.717) is 23.9 Å². The second-order valence-electron chi connectivity index (χ2n) is 20.3. The predicted molar refractivity (Wildman–Crippen MR) is 314 cm³/mol.